The van der Waals surface area contributed by atoms with Gasteiger partial charge in [0.15, 0.2) is 0 Å². The first-order valence-corrected chi connectivity index (χ1v) is 7.88. The lowest BCUT2D eigenvalue weighted by Crippen LogP contribution is -2.38. The average Bonchev–Trinajstić information content (AvgIpc) is 2.34. The van der Waals surface area contributed by atoms with Crippen molar-refractivity contribution in [3.8, 4) is 5.75 Å². The first kappa shape index (κ1) is 17.5. The molecule has 1 rings (SSSR count). The lowest BCUT2D eigenvalue weighted by molar-refractivity contribution is -0.0269. The monoisotopic (exact) mass is 343 g/mol. The number of benzene rings is 1. The maximum Gasteiger partial charge on any atom is 0.124 e. The molecule has 0 heterocycles. The maximum absolute atomic E-state index is 10.3. The molecule has 0 aliphatic rings. The molecule has 1 aromatic rings. The zero-order chi connectivity index (χ0) is 15.3. The standard InChI is InChI=1S/C16H26BrNO2/c1-11(2)16(5,19)10-20-15-7-6-14(17)8-13(15)9-18-12(3)4/h6-8,11-12,18-19H,9-10H2,1-5H3. The zero-order valence-electron chi connectivity index (χ0n) is 13.0. The van der Waals surface area contributed by atoms with Crippen molar-refractivity contribution in [1.82, 2.24) is 5.32 Å². The smallest absolute Gasteiger partial charge is 0.124 e. The number of hydrogen-bond donors (Lipinski definition) is 2. The zero-order valence-corrected chi connectivity index (χ0v) is 14.6. The fraction of sp³-hybridized carbons (Fsp3) is 0.625. The van der Waals surface area contributed by atoms with Crippen molar-refractivity contribution in [1.29, 1.82) is 0 Å². The van der Waals surface area contributed by atoms with Crippen LogP contribution in [0.1, 0.15) is 40.2 Å². The summed E-state index contributed by atoms with van der Waals surface area (Å²) in [6.07, 6.45) is 0. The van der Waals surface area contributed by atoms with Gasteiger partial charge in [-0.25, -0.2) is 0 Å². The Hall–Kier alpha value is -0.580. The molecular weight excluding hydrogens is 318 g/mol. The third-order valence-corrected chi connectivity index (χ3v) is 3.98. The van der Waals surface area contributed by atoms with Crippen LogP contribution in [-0.4, -0.2) is 23.4 Å². The second-order valence-electron chi connectivity index (χ2n) is 6.09. The summed E-state index contributed by atoms with van der Waals surface area (Å²) in [7, 11) is 0. The molecule has 0 aromatic heterocycles. The molecular formula is C16H26BrNO2. The van der Waals surface area contributed by atoms with Gasteiger partial charge >= 0.3 is 0 Å². The molecule has 0 spiro atoms. The van der Waals surface area contributed by atoms with Crippen molar-refractivity contribution in [3.05, 3.63) is 28.2 Å². The van der Waals surface area contributed by atoms with Crippen LogP contribution in [0, 0.1) is 5.92 Å². The lowest BCUT2D eigenvalue weighted by atomic mass is 9.94. The van der Waals surface area contributed by atoms with E-state index in [0.29, 0.717) is 12.6 Å². The Morgan fingerprint density at radius 2 is 1.95 bits per heavy atom. The van der Waals surface area contributed by atoms with Crippen molar-refractivity contribution < 1.29 is 9.84 Å². The molecule has 0 amide bonds. The molecule has 0 saturated heterocycles. The minimum absolute atomic E-state index is 0.148. The molecule has 0 bridgehead atoms. The first-order chi connectivity index (χ1) is 9.22. The van der Waals surface area contributed by atoms with E-state index in [9.17, 15) is 5.11 Å². The van der Waals surface area contributed by atoms with Gasteiger partial charge in [0.2, 0.25) is 0 Å². The van der Waals surface area contributed by atoms with Crippen LogP contribution in [-0.2, 0) is 6.54 Å². The third kappa shape index (κ3) is 5.43. The van der Waals surface area contributed by atoms with Gasteiger partial charge in [-0.05, 0) is 31.0 Å². The Kier molecular flexibility index (Phi) is 6.49. The highest BCUT2D eigenvalue weighted by molar-refractivity contribution is 9.10. The third-order valence-electron chi connectivity index (χ3n) is 3.49. The lowest BCUT2D eigenvalue weighted by Gasteiger charge is -2.28. The van der Waals surface area contributed by atoms with Crippen LogP contribution >= 0.6 is 15.9 Å². The van der Waals surface area contributed by atoms with Crippen molar-refractivity contribution in [2.75, 3.05) is 6.61 Å². The van der Waals surface area contributed by atoms with Gasteiger partial charge in [-0.2, -0.15) is 0 Å². The predicted octanol–water partition coefficient (Wildman–Crippen LogP) is 3.73. The van der Waals surface area contributed by atoms with E-state index in [2.05, 4.69) is 41.2 Å². The molecule has 2 N–H and O–H groups in total. The Balaban J connectivity index is 2.78. The molecule has 0 saturated carbocycles. The summed E-state index contributed by atoms with van der Waals surface area (Å²) in [6, 6.07) is 6.37. The highest BCUT2D eigenvalue weighted by atomic mass is 79.9. The summed E-state index contributed by atoms with van der Waals surface area (Å²) in [5.74, 6) is 0.970. The predicted molar refractivity (Wildman–Crippen MR) is 87.1 cm³/mol. The van der Waals surface area contributed by atoms with Crippen LogP contribution in [0.25, 0.3) is 0 Å². The van der Waals surface area contributed by atoms with E-state index in [0.717, 1.165) is 22.3 Å². The van der Waals surface area contributed by atoms with Gasteiger partial charge in [-0.1, -0.05) is 43.6 Å². The van der Waals surface area contributed by atoms with Gasteiger partial charge in [0.25, 0.3) is 0 Å². The molecule has 0 aliphatic carbocycles. The van der Waals surface area contributed by atoms with Crippen LogP contribution in [0.2, 0.25) is 0 Å². The van der Waals surface area contributed by atoms with Crippen molar-refractivity contribution in [2.24, 2.45) is 5.92 Å². The van der Waals surface area contributed by atoms with Gasteiger partial charge in [0.05, 0.1) is 5.60 Å². The Labute approximate surface area is 130 Å². The van der Waals surface area contributed by atoms with Crippen molar-refractivity contribution in [3.63, 3.8) is 0 Å². The van der Waals surface area contributed by atoms with Gasteiger partial charge in [0.1, 0.15) is 12.4 Å². The second kappa shape index (κ2) is 7.43. The van der Waals surface area contributed by atoms with E-state index < -0.39 is 5.60 Å². The summed E-state index contributed by atoms with van der Waals surface area (Å²) >= 11 is 3.48. The SMILES string of the molecule is CC(C)NCc1cc(Br)ccc1OCC(C)(O)C(C)C. The van der Waals surface area contributed by atoms with Gasteiger partial charge in [0, 0.05) is 22.6 Å². The van der Waals surface area contributed by atoms with E-state index in [1.807, 2.05) is 32.9 Å². The maximum atomic E-state index is 10.3. The largest absolute Gasteiger partial charge is 0.490 e. The fourth-order valence-electron chi connectivity index (χ4n) is 1.53. The van der Waals surface area contributed by atoms with E-state index in [1.165, 1.54) is 0 Å². The number of halogens is 1. The average molecular weight is 344 g/mol. The number of nitrogens with one attached hydrogen (secondary N) is 1. The number of aliphatic hydroxyl groups is 1. The minimum Gasteiger partial charge on any atom is -0.490 e. The molecule has 3 nitrogen and oxygen atoms in total. The summed E-state index contributed by atoms with van der Waals surface area (Å²) in [5, 5.41) is 13.7. The minimum atomic E-state index is -0.824. The van der Waals surface area contributed by atoms with Gasteiger partial charge in [-0.15, -0.1) is 0 Å². The van der Waals surface area contributed by atoms with E-state index in [4.69, 9.17) is 4.74 Å². The van der Waals surface area contributed by atoms with Gasteiger partial charge in [-0.3, -0.25) is 0 Å². The molecule has 0 fully saturated rings. The summed E-state index contributed by atoms with van der Waals surface area (Å²) < 4.78 is 6.87. The van der Waals surface area contributed by atoms with E-state index in [-0.39, 0.29) is 5.92 Å². The Morgan fingerprint density at radius 1 is 1.30 bits per heavy atom. The summed E-state index contributed by atoms with van der Waals surface area (Å²) in [6.45, 7) is 11.1. The molecule has 0 aliphatic heterocycles. The normalized spacial score (nSPS) is 14.7. The van der Waals surface area contributed by atoms with Crippen LogP contribution in [0.15, 0.2) is 22.7 Å². The highest BCUT2D eigenvalue weighted by Crippen LogP contribution is 2.25. The summed E-state index contributed by atoms with van der Waals surface area (Å²) in [5.41, 5.74) is 0.267. The Bertz CT molecular complexity index is 430. The first-order valence-electron chi connectivity index (χ1n) is 7.09. The number of rotatable bonds is 7. The highest BCUT2D eigenvalue weighted by Gasteiger charge is 2.26. The molecule has 4 heteroatoms. The molecule has 1 atom stereocenters. The van der Waals surface area contributed by atoms with Crippen molar-refractivity contribution >= 4 is 15.9 Å². The quantitative estimate of drug-likeness (QED) is 0.792. The summed E-state index contributed by atoms with van der Waals surface area (Å²) in [4.78, 5) is 0. The van der Waals surface area contributed by atoms with E-state index in [1.54, 1.807) is 0 Å². The Morgan fingerprint density at radius 3 is 2.50 bits per heavy atom. The van der Waals surface area contributed by atoms with E-state index >= 15 is 0 Å². The van der Waals surface area contributed by atoms with Crippen LogP contribution in [0.3, 0.4) is 0 Å². The van der Waals surface area contributed by atoms with Crippen LogP contribution in [0.4, 0.5) is 0 Å². The topological polar surface area (TPSA) is 41.5 Å². The second-order valence-corrected chi connectivity index (χ2v) is 7.00. The molecule has 1 unspecified atom stereocenters. The molecule has 20 heavy (non-hydrogen) atoms. The van der Waals surface area contributed by atoms with Crippen molar-refractivity contribution in [2.45, 2.75) is 52.8 Å². The van der Waals surface area contributed by atoms with Crippen LogP contribution < -0.4 is 10.1 Å². The fourth-order valence-corrected chi connectivity index (χ4v) is 1.94. The van der Waals surface area contributed by atoms with Gasteiger partial charge < -0.3 is 15.2 Å². The molecule has 114 valence electrons. The number of hydrogen-bond acceptors (Lipinski definition) is 3. The molecule has 1 aromatic carbocycles. The number of ether oxygens (including phenoxy) is 1. The van der Waals surface area contributed by atoms with Crippen LogP contribution in [0.5, 0.6) is 5.75 Å². The molecule has 0 radical (unpaired) electrons.